The van der Waals surface area contributed by atoms with Gasteiger partial charge in [-0.3, -0.25) is 15.1 Å². The van der Waals surface area contributed by atoms with Crippen LogP contribution in [0.5, 0.6) is 0 Å². The Bertz CT molecular complexity index is 1010. The maximum atomic E-state index is 11.6. The van der Waals surface area contributed by atoms with E-state index < -0.39 is 10.5 Å². The zero-order valence-electron chi connectivity index (χ0n) is 15.7. The van der Waals surface area contributed by atoms with Gasteiger partial charge < -0.3 is 15.6 Å². The molecule has 0 saturated heterocycles. The summed E-state index contributed by atoms with van der Waals surface area (Å²) in [7, 11) is 0. The third-order valence-electron chi connectivity index (χ3n) is 5.06. The maximum absolute atomic E-state index is 11.6. The maximum Gasteiger partial charge on any atom is 0.293 e. The number of rotatable bonds is 6. The van der Waals surface area contributed by atoms with Gasteiger partial charge >= 0.3 is 0 Å². The Kier molecular flexibility index (Phi) is 5.81. The van der Waals surface area contributed by atoms with Gasteiger partial charge in [-0.2, -0.15) is 4.98 Å². The predicted octanol–water partition coefficient (Wildman–Crippen LogP) is 3.97. The number of nitro groups is 1. The number of hydrogen-bond acceptors (Lipinski definition) is 8. The van der Waals surface area contributed by atoms with Crippen molar-refractivity contribution in [2.75, 3.05) is 5.32 Å². The van der Waals surface area contributed by atoms with Crippen molar-refractivity contribution in [3.8, 4) is 11.5 Å². The standard InChI is InChI=1S/C19H20N6O3.ClH/c1-12(14-5-2-3-10-21-14)22-15-7-6-13(11-16(15)25(26)27)17-23-18(24-28-17)19(20)8-4-9-19;/h2-3,5-7,10-12,22H,4,8-9,20H2,1H3;1H. The first-order valence-corrected chi connectivity index (χ1v) is 9.06. The van der Waals surface area contributed by atoms with E-state index in [0.717, 1.165) is 25.0 Å². The van der Waals surface area contributed by atoms with E-state index in [2.05, 4.69) is 20.4 Å². The van der Waals surface area contributed by atoms with E-state index in [1.807, 2.05) is 25.1 Å². The first kappa shape index (κ1) is 20.7. The number of benzene rings is 1. The monoisotopic (exact) mass is 416 g/mol. The highest BCUT2D eigenvalue weighted by atomic mass is 35.5. The van der Waals surface area contributed by atoms with Crippen molar-refractivity contribution in [3.63, 3.8) is 0 Å². The van der Waals surface area contributed by atoms with Crippen molar-refractivity contribution >= 4 is 23.8 Å². The lowest BCUT2D eigenvalue weighted by atomic mass is 9.77. The van der Waals surface area contributed by atoms with Gasteiger partial charge in [-0.15, -0.1) is 12.4 Å². The molecule has 3 aromatic rings. The Morgan fingerprint density at radius 1 is 1.31 bits per heavy atom. The molecule has 9 nitrogen and oxygen atoms in total. The van der Waals surface area contributed by atoms with E-state index in [1.54, 1.807) is 18.3 Å². The van der Waals surface area contributed by atoms with E-state index in [-0.39, 0.29) is 30.0 Å². The van der Waals surface area contributed by atoms with E-state index in [9.17, 15) is 10.1 Å². The highest BCUT2D eigenvalue weighted by Crippen LogP contribution is 2.38. The summed E-state index contributed by atoms with van der Waals surface area (Å²) in [4.78, 5) is 19.8. The number of nitrogens with one attached hydrogen (secondary N) is 1. The number of hydrogen-bond donors (Lipinski definition) is 2. The summed E-state index contributed by atoms with van der Waals surface area (Å²) < 4.78 is 5.30. The minimum Gasteiger partial charge on any atom is -0.371 e. The van der Waals surface area contributed by atoms with Crippen LogP contribution in [0, 0.1) is 10.1 Å². The topological polar surface area (TPSA) is 133 Å². The fourth-order valence-electron chi connectivity index (χ4n) is 3.20. The number of nitro benzene ring substituents is 1. The second-order valence-electron chi connectivity index (χ2n) is 7.04. The lowest BCUT2D eigenvalue weighted by Crippen LogP contribution is -2.44. The molecule has 0 aliphatic heterocycles. The molecule has 1 aliphatic rings. The fourth-order valence-corrected chi connectivity index (χ4v) is 3.20. The highest BCUT2D eigenvalue weighted by Gasteiger charge is 2.39. The molecule has 2 aromatic heterocycles. The molecule has 1 aliphatic carbocycles. The second-order valence-corrected chi connectivity index (χ2v) is 7.04. The van der Waals surface area contributed by atoms with Gasteiger partial charge in [0.25, 0.3) is 11.6 Å². The van der Waals surface area contributed by atoms with Crippen LogP contribution in [-0.2, 0) is 5.54 Å². The average Bonchev–Trinajstić information content (AvgIpc) is 3.17. The van der Waals surface area contributed by atoms with E-state index in [4.69, 9.17) is 10.3 Å². The Balaban J connectivity index is 0.00000240. The third kappa shape index (κ3) is 4.06. The molecule has 0 amide bonds. The normalized spacial score (nSPS) is 15.7. The van der Waals surface area contributed by atoms with Crippen molar-refractivity contribution in [1.29, 1.82) is 0 Å². The van der Waals surface area contributed by atoms with Crippen LogP contribution in [0.25, 0.3) is 11.5 Å². The molecule has 0 bridgehead atoms. The Morgan fingerprint density at radius 3 is 2.72 bits per heavy atom. The third-order valence-corrected chi connectivity index (χ3v) is 5.06. The van der Waals surface area contributed by atoms with E-state index >= 15 is 0 Å². The molecular formula is C19H21ClN6O3. The minimum atomic E-state index is -0.548. The Labute approximate surface area is 173 Å². The summed E-state index contributed by atoms with van der Waals surface area (Å²) in [5.41, 5.74) is 7.25. The van der Waals surface area contributed by atoms with Crippen LogP contribution in [0.1, 0.15) is 43.7 Å². The average molecular weight is 417 g/mol. The fraction of sp³-hybridized carbons (Fsp3) is 0.316. The molecule has 0 spiro atoms. The molecule has 29 heavy (non-hydrogen) atoms. The number of halogens is 1. The Morgan fingerprint density at radius 2 is 2.10 bits per heavy atom. The molecule has 1 atom stereocenters. The van der Waals surface area contributed by atoms with Crippen LogP contribution in [0.2, 0.25) is 0 Å². The van der Waals surface area contributed by atoms with Crippen molar-refractivity contribution in [1.82, 2.24) is 15.1 Å². The molecular weight excluding hydrogens is 396 g/mol. The van der Waals surface area contributed by atoms with Crippen LogP contribution >= 0.6 is 12.4 Å². The number of nitrogens with zero attached hydrogens (tertiary/aromatic N) is 4. The van der Waals surface area contributed by atoms with Crippen molar-refractivity contribution < 1.29 is 9.45 Å². The zero-order chi connectivity index (χ0) is 19.7. The van der Waals surface area contributed by atoms with Crippen LogP contribution in [-0.4, -0.2) is 20.0 Å². The minimum absolute atomic E-state index is 0. The van der Waals surface area contributed by atoms with Crippen molar-refractivity contribution in [3.05, 3.63) is 64.2 Å². The smallest absolute Gasteiger partial charge is 0.293 e. The number of nitrogens with two attached hydrogens (primary N) is 1. The molecule has 1 saturated carbocycles. The first-order chi connectivity index (χ1) is 13.5. The van der Waals surface area contributed by atoms with Gasteiger partial charge in [0.2, 0.25) is 0 Å². The first-order valence-electron chi connectivity index (χ1n) is 9.06. The van der Waals surface area contributed by atoms with Crippen LogP contribution in [0.4, 0.5) is 11.4 Å². The van der Waals surface area contributed by atoms with Gasteiger partial charge in [0.1, 0.15) is 5.69 Å². The lowest BCUT2D eigenvalue weighted by Gasteiger charge is -2.34. The quantitative estimate of drug-likeness (QED) is 0.455. The molecule has 10 heteroatoms. The van der Waals surface area contributed by atoms with Crippen molar-refractivity contribution in [2.45, 2.75) is 37.8 Å². The van der Waals surface area contributed by atoms with Gasteiger partial charge in [-0.05, 0) is 50.5 Å². The summed E-state index contributed by atoms with van der Waals surface area (Å²) in [6.45, 7) is 1.89. The van der Waals surface area contributed by atoms with Crippen LogP contribution < -0.4 is 11.1 Å². The second kappa shape index (κ2) is 8.14. The van der Waals surface area contributed by atoms with Gasteiger partial charge in [0.15, 0.2) is 5.82 Å². The van der Waals surface area contributed by atoms with Crippen LogP contribution in [0.15, 0.2) is 47.1 Å². The van der Waals surface area contributed by atoms with Gasteiger partial charge in [-0.1, -0.05) is 11.2 Å². The molecule has 1 fully saturated rings. The summed E-state index contributed by atoms with van der Waals surface area (Å²) in [5, 5.41) is 18.7. The molecule has 1 unspecified atom stereocenters. The van der Waals surface area contributed by atoms with Gasteiger partial charge in [0.05, 0.1) is 22.2 Å². The molecule has 4 rings (SSSR count). The number of anilines is 1. The highest BCUT2D eigenvalue weighted by molar-refractivity contribution is 5.85. The molecule has 152 valence electrons. The molecule has 3 N–H and O–H groups in total. The van der Waals surface area contributed by atoms with Gasteiger partial charge in [-0.25, -0.2) is 0 Å². The molecule has 0 radical (unpaired) electrons. The summed E-state index contributed by atoms with van der Waals surface area (Å²) in [5.74, 6) is 0.668. The molecule has 1 aromatic carbocycles. The largest absolute Gasteiger partial charge is 0.371 e. The number of aromatic nitrogens is 3. The predicted molar refractivity (Wildman–Crippen MR) is 110 cm³/mol. The van der Waals surface area contributed by atoms with Gasteiger partial charge in [0, 0.05) is 17.8 Å². The zero-order valence-corrected chi connectivity index (χ0v) is 16.6. The molecule has 2 heterocycles. The number of pyridine rings is 1. The van der Waals surface area contributed by atoms with Crippen LogP contribution in [0.3, 0.4) is 0 Å². The van der Waals surface area contributed by atoms with E-state index in [1.165, 1.54) is 6.07 Å². The summed E-state index contributed by atoms with van der Waals surface area (Å²) in [6, 6.07) is 10.1. The SMILES string of the molecule is CC(Nc1ccc(-c2nc(C3(N)CCC3)no2)cc1[N+](=O)[O-])c1ccccn1.Cl. The van der Waals surface area contributed by atoms with Crippen molar-refractivity contribution in [2.24, 2.45) is 5.73 Å². The Hall–Kier alpha value is -3.04. The lowest BCUT2D eigenvalue weighted by molar-refractivity contribution is -0.383. The summed E-state index contributed by atoms with van der Waals surface area (Å²) in [6.07, 6.45) is 4.33. The van der Waals surface area contributed by atoms with E-state index in [0.29, 0.717) is 17.1 Å². The summed E-state index contributed by atoms with van der Waals surface area (Å²) >= 11 is 0.